The highest BCUT2D eigenvalue weighted by Crippen LogP contribution is 2.28. The van der Waals surface area contributed by atoms with Crippen molar-refractivity contribution >= 4 is 5.82 Å². The summed E-state index contributed by atoms with van der Waals surface area (Å²) >= 11 is 0. The maximum absolute atomic E-state index is 8.77. The second-order valence-electron chi connectivity index (χ2n) is 4.50. The first-order valence-corrected chi connectivity index (χ1v) is 5.93. The Balaban J connectivity index is 2.00. The zero-order valence-corrected chi connectivity index (χ0v) is 9.61. The molecule has 0 radical (unpaired) electrons. The van der Waals surface area contributed by atoms with Gasteiger partial charge in [0.25, 0.3) is 0 Å². The lowest BCUT2D eigenvalue weighted by molar-refractivity contribution is 0.481. The smallest absolute Gasteiger partial charge is 0.142 e. The summed E-state index contributed by atoms with van der Waals surface area (Å²) in [6.07, 6.45) is 5.32. The van der Waals surface area contributed by atoms with Crippen LogP contribution in [0, 0.1) is 17.2 Å². The first kappa shape index (κ1) is 10.9. The number of nitriles is 1. The van der Waals surface area contributed by atoms with E-state index in [0.717, 1.165) is 11.7 Å². The van der Waals surface area contributed by atoms with E-state index in [1.54, 1.807) is 6.07 Å². The van der Waals surface area contributed by atoms with E-state index in [4.69, 9.17) is 5.26 Å². The molecule has 1 aromatic heterocycles. The lowest BCUT2D eigenvalue weighted by Gasteiger charge is -2.20. The summed E-state index contributed by atoms with van der Waals surface area (Å²) in [4.78, 5) is 4.23. The maximum Gasteiger partial charge on any atom is 0.142 e. The molecule has 0 saturated heterocycles. The molecule has 1 N–H and O–H groups in total. The van der Waals surface area contributed by atoms with E-state index in [1.165, 1.54) is 25.7 Å². The molecule has 1 fully saturated rings. The molecule has 1 unspecified atom stereocenters. The van der Waals surface area contributed by atoms with Gasteiger partial charge in [0.05, 0.1) is 0 Å². The summed E-state index contributed by atoms with van der Waals surface area (Å²) in [5.41, 5.74) is 0.476. The summed E-state index contributed by atoms with van der Waals surface area (Å²) in [7, 11) is 0. The molecule has 3 nitrogen and oxygen atoms in total. The van der Waals surface area contributed by atoms with Crippen LogP contribution in [0.3, 0.4) is 0 Å². The Hall–Kier alpha value is -1.56. The average molecular weight is 215 g/mol. The van der Waals surface area contributed by atoms with Crippen molar-refractivity contribution in [1.29, 1.82) is 5.26 Å². The van der Waals surface area contributed by atoms with E-state index in [0.29, 0.717) is 11.7 Å². The number of nitrogens with one attached hydrogen (secondary N) is 1. The maximum atomic E-state index is 8.77. The zero-order valence-electron chi connectivity index (χ0n) is 9.61. The zero-order chi connectivity index (χ0) is 11.4. The van der Waals surface area contributed by atoms with Crippen LogP contribution in [0.5, 0.6) is 0 Å². The van der Waals surface area contributed by atoms with Gasteiger partial charge in [-0.3, -0.25) is 0 Å². The van der Waals surface area contributed by atoms with Crippen molar-refractivity contribution in [2.75, 3.05) is 5.32 Å². The number of anilines is 1. The van der Waals surface area contributed by atoms with E-state index >= 15 is 0 Å². The van der Waals surface area contributed by atoms with Crippen LogP contribution in [0.2, 0.25) is 0 Å². The normalized spacial score (nSPS) is 18.0. The van der Waals surface area contributed by atoms with Gasteiger partial charge in [0.2, 0.25) is 0 Å². The predicted octanol–water partition coefficient (Wildman–Crippen LogP) is 2.94. The molecule has 0 aromatic carbocycles. The van der Waals surface area contributed by atoms with Gasteiger partial charge >= 0.3 is 0 Å². The molecular formula is C13H17N3. The third kappa shape index (κ3) is 2.52. The number of rotatable bonds is 3. The molecule has 1 saturated carbocycles. The largest absolute Gasteiger partial charge is 0.367 e. The number of hydrogen-bond donors (Lipinski definition) is 1. The molecule has 0 spiro atoms. The van der Waals surface area contributed by atoms with E-state index in [2.05, 4.69) is 23.3 Å². The van der Waals surface area contributed by atoms with Crippen molar-refractivity contribution in [3.8, 4) is 6.07 Å². The fourth-order valence-electron chi connectivity index (χ4n) is 2.39. The van der Waals surface area contributed by atoms with Gasteiger partial charge in [-0.1, -0.05) is 18.9 Å². The van der Waals surface area contributed by atoms with Gasteiger partial charge in [0, 0.05) is 6.04 Å². The van der Waals surface area contributed by atoms with Crippen LogP contribution >= 0.6 is 0 Å². The van der Waals surface area contributed by atoms with E-state index in [-0.39, 0.29) is 0 Å². The van der Waals surface area contributed by atoms with Gasteiger partial charge in [-0.05, 0) is 37.8 Å². The molecule has 1 atom stereocenters. The topological polar surface area (TPSA) is 48.7 Å². The Kier molecular flexibility index (Phi) is 3.40. The predicted molar refractivity (Wildman–Crippen MR) is 64.0 cm³/mol. The fraction of sp³-hybridized carbons (Fsp3) is 0.538. The highest BCUT2D eigenvalue weighted by molar-refractivity contribution is 5.39. The molecule has 0 bridgehead atoms. The van der Waals surface area contributed by atoms with Gasteiger partial charge in [0.15, 0.2) is 0 Å². The molecule has 1 heterocycles. The molecule has 0 aliphatic heterocycles. The van der Waals surface area contributed by atoms with Crippen molar-refractivity contribution in [1.82, 2.24) is 4.98 Å². The van der Waals surface area contributed by atoms with Crippen LogP contribution in [0.25, 0.3) is 0 Å². The van der Waals surface area contributed by atoms with Crippen molar-refractivity contribution < 1.29 is 0 Å². The van der Waals surface area contributed by atoms with Crippen molar-refractivity contribution in [3.63, 3.8) is 0 Å². The SMILES string of the molecule is CC(Nc1cccc(C#N)n1)C1CCCC1. The molecule has 0 amide bonds. The van der Waals surface area contributed by atoms with Gasteiger partial charge in [-0.15, -0.1) is 0 Å². The highest BCUT2D eigenvalue weighted by atomic mass is 15.0. The number of pyridine rings is 1. The van der Waals surface area contributed by atoms with Crippen LogP contribution in [0.4, 0.5) is 5.82 Å². The second kappa shape index (κ2) is 4.98. The van der Waals surface area contributed by atoms with Crippen LogP contribution < -0.4 is 5.32 Å². The summed E-state index contributed by atoms with van der Waals surface area (Å²) in [6, 6.07) is 8.03. The Morgan fingerprint density at radius 3 is 2.88 bits per heavy atom. The minimum absolute atomic E-state index is 0.448. The Bertz CT molecular complexity index is 388. The van der Waals surface area contributed by atoms with Gasteiger partial charge in [-0.2, -0.15) is 5.26 Å². The fourth-order valence-corrected chi connectivity index (χ4v) is 2.39. The van der Waals surface area contributed by atoms with Crippen molar-refractivity contribution in [3.05, 3.63) is 23.9 Å². The molecule has 16 heavy (non-hydrogen) atoms. The molecular weight excluding hydrogens is 198 g/mol. The number of hydrogen-bond acceptors (Lipinski definition) is 3. The lowest BCUT2D eigenvalue weighted by Crippen LogP contribution is -2.24. The van der Waals surface area contributed by atoms with Crippen LogP contribution in [0.15, 0.2) is 18.2 Å². The average Bonchev–Trinajstić information content (AvgIpc) is 2.83. The van der Waals surface area contributed by atoms with Crippen LogP contribution in [-0.4, -0.2) is 11.0 Å². The number of nitrogens with zero attached hydrogens (tertiary/aromatic N) is 2. The Morgan fingerprint density at radius 1 is 1.44 bits per heavy atom. The van der Waals surface area contributed by atoms with Gasteiger partial charge in [-0.25, -0.2) is 4.98 Å². The third-order valence-corrected chi connectivity index (χ3v) is 3.35. The summed E-state index contributed by atoms with van der Waals surface area (Å²) in [5, 5.41) is 12.2. The summed E-state index contributed by atoms with van der Waals surface area (Å²) < 4.78 is 0. The molecule has 1 aliphatic rings. The molecule has 1 aliphatic carbocycles. The van der Waals surface area contributed by atoms with E-state index in [1.807, 2.05) is 12.1 Å². The molecule has 84 valence electrons. The molecule has 2 rings (SSSR count). The first-order valence-electron chi connectivity index (χ1n) is 5.93. The highest BCUT2D eigenvalue weighted by Gasteiger charge is 2.21. The van der Waals surface area contributed by atoms with Crippen LogP contribution in [0.1, 0.15) is 38.3 Å². The van der Waals surface area contributed by atoms with Gasteiger partial charge in [0.1, 0.15) is 17.6 Å². The lowest BCUT2D eigenvalue weighted by atomic mass is 10.00. The Labute approximate surface area is 96.5 Å². The molecule has 1 aromatic rings. The summed E-state index contributed by atoms with van der Waals surface area (Å²) in [5.74, 6) is 1.57. The van der Waals surface area contributed by atoms with Crippen LogP contribution in [-0.2, 0) is 0 Å². The van der Waals surface area contributed by atoms with Gasteiger partial charge < -0.3 is 5.32 Å². The number of aromatic nitrogens is 1. The van der Waals surface area contributed by atoms with E-state index < -0.39 is 0 Å². The van der Waals surface area contributed by atoms with Crippen molar-refractivity contribution in [2.45, 2.75) is 38.6 Å². The summed E-state index contributed by atoms with van der Waals surface area (Å²) in [6.45, 7) is 2.21. The Morgan fingerprint density at radius 2 is 2.19 bits per heavy atom. The minimum Gasteiger partial charge on any atom is -0.367 e. The standard InChI is InChI=1S/C13H17N3/c1-10(11-5-2-3-6-11)15-13-8-4-7-12(9-14)16-13/h4,7-8,10-11H,2-3,5-6H2,1H3,(H,15,16). The van der Waals surface area contributed by atoms with Crippen molar-refractivity contribution in [2.24, 2.45) is 5.92 Å². The first-order chi connectivity index (χ1) is 7.79. The quantitative estimate of drug-likeness (QED) is 0.843. The molecule has 3 heteroatoms. The minimum atomic E-state index is 0.448. The third-order valence-electron chi connectivity index (χ3n) is 3.35. The van der Waals surface area contributed by atoms with E-state index in [9.17, 15) is 0 Å². The monoisotopic (exact) mass is 215 g/mol. The second-order valence-corrected chi connectivity index (χ2v) is 4.50.